The molecule has 0 bridgehead atoms. The summed E-state index contributed by atoms with van der Waals surface area (Å²) in [7, 11) is -0.540. The van der Waals surface area contributed by atoms with Crippen LogP contribution in [-0.4, -0.2) is 49.5 Å². The molecule has 1 aromatic heterocycles. The zero-order valence-electron chi connectivity index (χ0n) is 15.6. The number of aryl methyl sites for hydroxylation is 1. The second kappa shape index (κ2) is 8.00. The minimum Gasteiger partial charge on any atom is -0.311 e. The van der Waals surface area contributed by atoms with Crippen molar-refractivity contribution in [3.8, 4) is 0 Å². The quantitative estimate of drug-likeness (QED) is 0.716. The Morgan fingerprint density at radius 1 is 1.22 bits per heavy atom. The monoisotopic (exact) mass is 405 g/mol. The van der Waals surface area contributed by atoms with Gasteiger partial charge in [0.05, 0.1) is 10.3 Å². The molecule has 6 nitrogen and oxygen atoms in total. The molecule has 27 heavy (non-hydrogen) atoms. The van der Waals surface area contributed by atoms with Gasteiger partial charge in [-0.05, 0) is 43.5 Å². The van der Waals surface area contributed by atoms with E-state index in [-0.39, 0.29) is 16.1 Å². The summed E-state index contributed by atoms with van der Waals surface area (Å²) in [5.41, 5.74) is 2.19. The summed E-state index contributed by atoms with van der Waals surface area (Å²) in [5.74, 6) is 0.0407. The topological polar surface area (TPSA) is 70.6 Å². The standard InChI is InChI=1S/C19H23N3O3S2/c1-14(19(23)22-12-6-8-15-7-4-5-9-17(15)22)26-18-11-10-16(13-20-18)27(24,25)21(2)3/h4-5,7,9-11,13-14H,6,8,12H2,1-3H3. The second-order valence-electron chi connectivity index (χ2n) is 6.60. The highest BCUT2D eigenvalue weighted by molar-refractivity contribution is 8.00. The Morgan fingerprint density at radius 2 is 1.96 bits per heavy atom. The smallest absolute Gasteiger partial charge is 0.244 e. The highest BCUT2D eigenvalue weighted by Gasteiger charge is 2.27. The van der Waals surface area contributed by atoms with Crippen molar-refractivity contribution in [3.05, 3.63) is 48.2 Å². The number of benzene rings is 1. The van der Waals surface area contributed by atoms with Crippen molar-refractivity contribution in [3.63, 3.8) is 0 Å². The fourth-order valence-corrected chi connectivity index (χ4v) is 4.71. The number of nitrogens with zero attached hydrogens (tertiary/aromatic N) is 3. The third-order valence-corrected chi connectivity index (χ3v) is 7.35. The molecule has 1 amide bonds. The molecule has 0 spiro atoms. The van der Waals surface area contributed by atoms with Crippen molar-refractivity contribution in [1.29, 1.82) is 0 Å². The number of amides is 1. The summed E-state index contributed by atoms with van der Waals surface area (Å²) in [6, 6.07) is 11.2. The van der Waals surface area contributed by atoms with Crippen LogP contribution in [0.15, 0.2) is 52.5 Å². The van der Waals surface area contributed by atoms with E-state index in [4.69, 9.17) is 0 Å². The Hall–Kier alpha value is -1.90. The molecule has 0 saturated carbocycles. The van der Waals surface area contributed by atoms with E-state index in [0.717, 1.165) is 22.8 Å². The number of thioether (sulfide) groups is 1. The van der Waals surface area contributed by atoms with Gasteiger partial charge in [-0.1, -0.05) is 30.0 Å². The molecular formula is C19H23N3O3S2. The second-order valence-corrected chi connectivity index (χ2v) is 10.1. The van der Waals surface area contributed by atoms with Gasteiger partial charge in [-0.15, -0.1) is 0 Å². The van der Waals surface area contributed by atoms with Crippen LogP contribution in [0.3, 0.4) is 0 Å². The molecule has 3 rings (SSSR count). The number of hydrogen-bond acceptors (Lipinski definition) is 5. The van der Waals surface area contributed by atoms with Crippen LogP contribution in [0.2, 0.25) is 0 Å². The number of fused-ring (bicyclic) bond motifs is 1. The summed E-state index contributed by atoms with van der Waals surface area (Å²) >= 11 is 1.34. The molecule has 1 unspecified atom stereocenters. The zero-order chi connectivity index (χ0) is 19.6. The first-order chi connectivity index (χ1) is 12.8. The minimum absolute atomic E-state index is 0.0407. The average Bonchev–Trinajstić information content (AvgIpc) is 2.67. The molecule has 1 aliphatic rings. The van der Waals surface area contributed by atoms with Crippen molar-refractivity contribution in [2.45, 2.75) is 34.9 Å². The molecule has 0 N–H and O–H groups in total. The van der Waals surface area contributed by atoms with Gasteiger partial charge in [0.25, 0.3) is 0 Å². The van der Waals surface area contributed by atoms with Gasteiger partial charge in [0.2, 0.25) is 15.9 Å². The first kappa shape index (κ1) is 19.9. The fraction of sp³-hybridized carbons (Fsp3) is 0.368. The lowest BCUT2D eigenvalue weighted by Crippen LogP contribution is -2.40. The molecule has 0 aliphatic carbocycles. The summed E-state index contributed by atoms with van der Waals surface area (Å²) < 4.78 is 25.4. The molecule has 8 heteroatoms. The summed E-state index contributed by atoms with van der Waals surface area (Å²) in [6.07, 6.45) is 3.28. The highest BCUT2D eigenvalue weighted by atomic mass is 32.2. The van der Waals surface area contributed by atoms with E-state index in [2.05, 4.69) is 11.1 Å². The van der Waals surface area contributed by atoms with Crippen LogP contribution in [-0.2, 0) is 21.2 Å². The van der Waals surface area contributed by atoms with Gasteiger partial charge in [0.1, 0.15) is 4.90 Å². The van der Waals surface area contributed by atoms with Gasteiger partial charge in [-0.3, -0.25) is 4.79 Å². The van der Waals surface area contributed by atoms with E-state index >= 15 is 0 Å². The maximum atomic E-state index is 13.0. The van der Waals surface area contributed by atoms with Crippen molar-refractivity contribution < 1.29 is 13.2 Å². The molecule has 1 atom stereocenters. The number of carbonyl (C=O) groups excluding carboxylic acids is 1. The zero-order valence-corrected chi connectivity index (χ0v) is 17.3. The van der Waals surface area contributed by atoms with E-state index in [9.17, 15) is 13.2 Å². The number of pyridine rings is 1. The van der Waals surface area contributed by atoms with Crippen molar-refractivity contribution >= 4 is 33.4 Å². The predicted octanol–water partition coefficient (Wildman–Crippen LogP) is 2.79. The third-order valence-electron chi connectivity index (χ3n) is 4.51. The lowest BCUT2D eigenvalue weighted by molar-refractivity contribution is -0.117. The van der Waals surface area contributed by atoms with E-state index in [1.807, 2.05) is 30.0 Å². The molecule has 2 aromatic rings. The number of para-hydroxylation sites is 1. The summed E-state index contributed by atoms with van der Waals surface area (Å²) in [6.45, 7) is 2.57. The Balaban J connectivity index is 1.73. The fourth-order valence-electron chi connectivity index (χ4n) is 3.01. The Labute approximate surface area is 164 Å². The highest BCUT2D eigenvalue weighted by Crippen LogP contribution is 2.30. The maximum Gasteiger partial charge on any atom is 0.244 e. The lowest BCUT2D eigenvalue weighted by atomic mass is 10.0. The van der Waals surface area contributed by atoms with Crippen molar-refractivity contribution in [2.75, 3.05) is 25.5 Å². The van der Waals surface area contributed by atoms with Crippen molar-refractivity contribution in [1.82, 2.24) is 9.29 Å². The van der Waals surface area contributed by atoms with Crippen LogP contribution < -0.4 is 4.90 Å². The normalized spacial score (nSPS) is 15.5. The van der Waals surface area contributed by atoms with Gasteiger partial charge < -0.3 is 4.90 Å². The largest absolute Gasteiger partial charge is 0.311 e. The summed E-state index contributed by atoms with van der Waals surface area (Å²) in [4.78, 5) is 19.2. The molecule has 1 aliphatic heterocycles. The Morgan fingerprint density at radius 3 is 2.63 bits per heavy atom. The van der Waals surface area contributed by atoms with Crippen LogP contribution >= 0.6 is 11.8 Å². The van der Waals surface area contributed by atoms with E-state index < -0.39 is 10.0 Å². The van der Waals surface area contributed by atoms with Gasteiger partial charge in [-0.25, -0.2) is 17.7 Å². The van der Waals surface area contributed by atoms with Gasteiger partial charge >= 0.3 is 0 Å². The SMILES string of the molecule is CC(Sc1ccc(S(=O)(=O)N(C)C)cn1)C(=O)N1CCCc2ccccc21. The predicted molar refractivity (Wildman–Crippen MR) is 108 cm³/mol. The molecule has 0 fully saturated rings. The first-order valence-electron chi connectivity index (χ1n) is 8.75. The Bertz CT molecular complexity index is 927. The molecule has 0 saturated heterocycles. The van der Waals surface area contributed by atoms with Crippen LogP contribution in [0.4, 0.5) is 5.69 Å². The Kier molecular flexibility index (Phi) is 5.88. The first-order valence-corrected chi connectivity index (χ1v) is 11.1. The van der Waals surface area contributed by atoms with E-state index in [1.165, 1.54) is 43.7 Å². The molecule has 2 heterocycles. The minimum atomic E-state index is -3.50. The number of carbonyl (C=O) groups is 1. The lowest BCUT2D eigenvalue weighted by Gasteiger charge is -2.31. The van der Waals surface area contributed by atoms with E-state index in [0.29, 0.717) is 11.6 Å². The van der Waals surface area contributed by atoms with Crippen LogP contribution in [0.1, 0.15) is 18.9 Å². The molecule has 1 aromatic carbocycles. The van der Waals surface area contributed by atoms with Crippen LogP contribution in [0.5, 0.6) is 0 Å². The van der Waals surface area contributed by atoms with Gasteiger partial charge in [-0.2, -0.15) is 0 Å². The summed E-state index contributed by atoms with van der Waals surface area (Å²) in [5, 5.41) is 0.304. The number of aromatic nitrogens is 1. The van der Waals surface area contributed by atoms with Crippen molar-refractivity contribution in [2.24, 2.45) is 0 Å². The maximum absolute atomic E-state index is 13.0. The van der Waals surface area contributed by atoms with Crippen LogP contribution in [0.25, 0.3) is 0 Å². The number of rotatable bonds is 5. The number of sulfonamides is 1. The number of anilines is 1. The molecular weight excluding hydrogens is 382 g/mol. The average molecular weight is 406 g/mol. The molecule has 144 valence electrons. The van der Waals surface area contributed by atoms with Gasteiger partial charge in [0.15, 0.2) is 0 Å². The molecule has 0 radical (unpaired) electrons. The van der Waals surface area contributed by atoms with Gasteiger partial charge in [0, 0.05) is 32.5 Å². The number of hydrogen-bond donors (Lipinski definition) is 0. The van der Waals surface area contributed by atoms with Crippen LogP contribution in [0, 0.1) is 0 Å². The third kappa shape index (κ3) is 4.17. The van der Waals surface area contributed by atoms with E-state index in [1.54, 1.807) is 6.07 Å².